The number of hydrogen-bond acceptors (Lipinski definition) is 6. The summed E-state index contributed by atoms with van der Waals surface area (Å²) < 4.78 is 5.67. The zero-order valence-corrected chi connectivity index (χ0v) is 23.8. The van der Waals surface area contributed by atoms with Gasteiger partial charge in [-0.15, -0.1) is 0 Å². The number of nitrogens with one attached hydrogen (secondary N) is 2. The van der Waals surface area contributed by atoms with Crippen molar-refractivity contribution in [1.29, 1.82) is 5.26 Å². The Bertz CT molecular complexity index is 1710. The maximum atomic E-state index is 13.4. The van der Waals surface area contributed by atoms with Gasteiger partial charge in [-0.25, -0.2) is 4.79 Å². The molecule has 6 nitrogen and oxygen atoms in total. The van der Waals surface area contributed by atoms with E-state index in [-0.39, 0.29) is 18.3 Å². The largest absolute Gasteiger partial charge is 0.457 e. The monoisotopic (exact) mass is 579 g/mol. The summed E-state index contributed by atoms with van der Waals surface area (Å²) >= 11 is 7.35. The fourth-order valence-corrected chi connectivity index (χ4v) is 5.71. The molecule has 2 N–H and O–H groups in total. The average molecular weight is 580 g/mol. The molecule has 0 saturated heterocycles. The first-order valence-corrected chi connectivity index (χ1v) is 14.3. The lowest BCUT2D eigenvalue weighted by molar-refractivity contribution is -0.140. The number of allylic oxidation sites excluding steroid dienone is 2. The number of nitrogens with zero attached hydrogens (tertiary/aromatic N) is 1. The minimum Gasteiger partial charge on any atom is -0.457 e. The maximum Gasteiger partial charge on any atom is 0.337 e. The average Bonchev–Trinajstić information content (AvgIpc) is 2.99. The SMILES string of the molecule is CC1=C(C(=O)OCc2ccccc2)[C@H](c2ccc(Cl)cc2)C(C#N)=C(SCC(=O)Nc2ccc3ccccc3c2)N1. The summed E-state index contributed by atoms with van der Waals surface area (Å²) in [7, 11) is 0. The molecule has 0 bridgehead atoms. The molecule has 0 radical (unpaired) electrons. The highest BCUT2D eigenvalue weighted by Crippen LogP contribution is 2.41. The number of rotatable bonds is 8. The third-order valence-corrected chi connectivity index (χ3v) is 7.93. The molecule has 8 heteroatoms. The molecule has 0 fully saturated rings. The van der Waals surface area contributed by atoms with Crippen molar-refractivity contribution >= 4 is 51.7 Å². The van der Waals surface area contributed by atoms with E-state index in [4.69, 9.17) is 16.3 Å². The van der Waals surface area contributed by atoms with E-state index in [2.05, 4.69) is 16.7 Å². The topological polar surface area (TPSA) is 91.2 Å². The second-order valence-corrected chi connectivity index (χ2v) is 10.9. The lowest BCUT2D eigenvalue weighted by atomic mass is 9.82. The van der Waals surface area contributed by atoms with Gasteiger partial charge in [-0.1, -0.05) is 96.2 Å². The van der Waals surface area contributed by atoms with Crippen molar-refractivity contribution in [3.63, 3.8) is 0 Å². The molecule has 1 heterocycles. The van der Waals surface area contributed by atoms with Gasteiger partial charge in [-0.3, -0.25) is 4.79 Å². The van der Waals surface area contributed by atoms with E-state index in [9.17, 15) is 14.9 Å². The Morgan fingerprint density at radius 2 is 1.68 bits per heavy atom. The number of halogens is 1. The van der Waals surface area contributed by atoms with E-state index in [1.54, 1.807) is 31.2 Å². The summed E-state index contributed by atoms with van der Waals surface area (Å²) in [6.45, 7) is 1.87. The van der Waals surface area contributed by atoms with Crippen molar-refractivity contribution in [3.8, 4) is 6.07 Å². The highest BCUT2D eigenvalue weighted by atomic mass is 35.5. The summed E-state index contributed by atoms with van der Waals surface area (Å²) in [6, 6.07) is 32.4. The Morgan fingerprint density at radius 1 is 0.976 bits per heavy atom. The second kappa shape index (κ2) is 12.8. The van der Waals surface area contributed by atoms with Gasteiger partial charge in [0.2, 0.25) is 5.91 Å². The zero-order chi connectivity index (χ0) is 28.8. The van der Waals surface area contributed by atoms with E-state index in [1.807, 2.05) is 72.8 Å². The van der Waals surface area contributed by atoms with Gasteiger partial charge < -0.3 is 15.4 Å². The van der Waals surface area contributed by atoms with Crippen molar-refractivity contribution < 1.29 is 14.3 Å². The maximum absolute atomic E-state index is 13.4. The number of dihydropyridines is 1. The second-order valence-electron chi connectivity index (χ2n) is 9.46. The van der Waals surface area contributed by atoms with E-state index in [1.165, 1.54) is 11.8 Å². The predicted octanol–water partition coefficient (Wildman–Crippen LogP) is 7.30. The summed E-state index contributed by atoms with van der Waals surface area (Å²) in [5.74, 6) is -1.36. The molecule has 4 aromatic rings. The lowest BCUT2D eigenvalue weighted by Crippen LogP contribution is -2.29. The number of ether oxygens (including phenoxy) is 1. The van der Waals surface area contributed by atoms with Gasteiger partial charge in [-0.2, -0.15) is 5.26 Å². The summed E-state index contributed by atoms with van der Waals surface area (Å²) in [6.07, 6.45) is 0. The molecule has 1 atom stereocenters. The molecule has 0 spiro atoms. The van der Waals surface area contributed by atoms with Crippen molar-refractivity contribution in [1.82, 2.24) is 5.32 Å². The van der Waals surface area contributed by atoms with Crippen LogP contribution >= 0.6 is 23.4 Å². The molecule has 1 aliphatic heterocycles. The Morgan fingerprint density at radius 3 is 2.41 bits per heavy atom. The van der Waals surface area contributed by atoms with Gasteiger partial charge in [0, 0.05) is 16.4 Å². The number of nitriles is 1. The van der Waals surface area contributed by atoms with Crippen LogP contribution in [0.25, 0.3) is 10.8 Å². The minimum atomic E-state index is -0.687. The first kappa shape index (κ1) is 28.0. The van der Waals surface area contributed by atoms with Crippen LogP contribution in [0.2, 0.25) is 5.02 Å². The van der Waals surface area contributed by atoms with Crippen LogP contribution in [0.3, 0.4) is 0 Å². The van der Waals surface area contributed by atoms with Gasteiger partial charge in [0.25, 0.3) is 0 Å². The van der Waals surface area contributed by atoms with Crippen LogP contribution in [0.5, 0.6) is 0 Å². The van der Waals surface area contributed by atoms with Gasteiger partial charge >= 0.3 is 5.97 Å². The normalized spacial score (nSPS) is 14.8. The van der Waals surface area contributed by atoms with Crippen LogP contribution in [0.15, 0.2) is 119 Å². The third kappa shape index (κ3) is 6.63. The number of hydrogen-bond donors (Lipinski definition) is 2. The van der Waals surface area contributed by atoms with Crippen molar-refractivity contribution in [3.05, 3.63) is 135 Å². The highest BCUT2D eigenvalue weighted by Gasteiger charge is 2.35. The number of esters is 1. The molecular weight excluding hydrogens is 554 g/mol. The molecule has 204 valence electrons. The molecule has 0 aliphatic carbocycles. The molecule has 5 rings (SSSR count). The van der Waals surface area contributed by atoms with Gasteiger partial charge in [0.1, 0.15) is 6.61 Å². The molecule has 0 aromatic heterocycles. The zero-order valence-electron chi connectivity index (χ0n) is 22.2. The van der Waals surface area contributed by atoms with Crippen molar-refractivity contribution in [2.75, 3.05) is 11.1 Å². The third-order valence-electron chi connectivity index (χ3n) is 6.66. The fourth-order valence-electron chi connectivity index (χ4n) is 4.69. The quantitative estimate of drug-likeness (QED) is 0.213. The predicted molar refractivity (Wildman–Crippen MR) is 164 cm³/mol. The number of carbonyl (C=O) groups is 2. The van der Waals surface area contributed by atoms with E-state index < -0.39 is 11.9 Å². The van der Waals surface area contributed by atoms with Crippen LogP contribution in [-0.2, 0) is 20.9 Å². The molecule has 0 saturated carbocycles. The van der Waals surface area contributed by atoms with Crippen LogP contribution in [0.4, 0.5) is 5.69 Å². The number of benzene rings is 4. The van der Waals surface area contributed by atoms with Gasteiger partial charge in [0.15, 0.2) is 0 Å². The van der Waals surface area contributed by atoms with Gasteiger partial charge in [0.05, 0.1) is 33.9 Å². The summed E-state index contributed by atoms with van der Waals surface area (Å²) in [5.41, 5.74) is 3.49. The number of carbonyl (C=O) groups excluding carboxylic acids is 2. The van der Waals surface area contributed by atoms with Crippen LogP contribution in [0.1, 0.15) is 24.0 Å². The van der Waals surface area contributed by atoms with E-state index in [0.717, 1.165) is 21.9 Å². The molecule has 1 aliphatic rings. The Balaban J connectivity index is 1.37. The Kier molecular flexibility index (Phi) is 8.73. The summed E-state index contributed by atoms with van der Waals surface area (Å²) in [5, 5.41) is 19.6. The molecule has 1 amide bonds. The molecule has 41 heavy (non-hydrogen) atoms. The number of anilines is 1. The molecule has 4 aromatic carbocycles. The fraction of sp³-hybridized carbons (Fsp3) is 0.121. The Hall–Kier alpha value is -4.51. The van der Waals surface area contributed by atoms with Crippen LogP contribution < -0.4 is 10.6 Å². The highest BCUT2D eigenvalue weighted by molar-refractivity contribution is 8.03. The summed E-state index contributed by atoms with van der Waals surface area (Å²) in [4.78, 5) is 26.3. The van der Waals surface area contributed by atoms with Crippen LogP contribution in [-0.4, -0.2) is 17.6 Å². The number of amides is 1. The smallest absolute Gasteiger partial charge is 0.337 e. The lowest BCUT2D eigenvalue weighted by Gasteiger charge is -2.29. The molecular formula is C33H26ClN3O3S. The standard InChI is InChI=1S/C33H26ClN3O3S/c1-21-30(33(39)40-19-22-7-3-2-4-8-22)31(24-11-14-26(34)15-12-24)28(18-35)32(36-21)41-20-29(38)37-27-16-13-23-9-5-6-10-25(23)17-27/h2-17,31,36H,19-20H2,1H3,(H,37,38)/t31-/m1/s1. The van der Waals surface area contributed by atoms with Gasteiger partial charge in [-0.05, 0) is 53.1 Å². The van der Waals surface area contributed by atoms with Crippen molar-refractivity contribution in [2.24, 2.45) is 0 Å². The van der Waals surface area contributed by atoms with E-state index in [0.29, 0.717) is 32.6 Å². The molecule has 0 unspecified atom stereocenters. The number of thioether (sulfide) groups is 1. The first-order valence-electron chi connectivity index (χ1n) is 12.9. The van der Waals surface area contributed by atoms with E-state index >= 15 is 0 Å². The van der Waals surface area contributed by atoms with Crippen molar-refractivity contribution in [2.45, 2.75) is 19.4 Å². The first-order chi connectivity index (χ1) is 19.9. The van der Waals surface area contributed by atoms with Crippen LogP contribution in [0, 0.1) is 11.3 Å². The number of fused-ring (bicyclic) bond motifs is 1. The minimum absolute atomic E-state index is 0.0642. The Labute approximate surface area is 247 Å².